The molecule has 0 amide bonds. The van der Waals surface area contributed by atoms with E-state index in [1.807, 2.05) is 18.2 Å². The molecular formula is C25H34NO2Y+. The van der Waals surface area contributed by atoms with Gasteiger partial charge in [0.1, 0.15) is 18.3 Å². The van der Waals surface area contributed by atoms with E-state index in [0.29, 0.717) is 18.0 Å². The van der Waals surface area contributed by atoms with Crippen LogP contribution in [0.15, 0.2) is 42.5 Å². The van der Waals surface area contributed by atoms with Gasteiger partial charge in [-0.3, -0.25) is 4.79 Å². The number of carbonyl (C=O) groups excluding carboxylic acids is 1. The molecule has 4 heteroatoms. The Hall–Kier alpha value is -1.03. The summed E-state index contributed by atoms with van der Waals surface area (Å²) < 4.78 is 0.790. The number of nitrogens with zero attached hydrogens (tertiary/aromatic N) is 1. The van der Waals surface area contributed by atoms with E-state index in [1.54, 1.807) is 6.07 Å². The molecule has 0 aromatic heterocycles. The zero-order valence-electron chi connectivity index (χ0n) is 18.2. The number of phenols is 1. The second-order valence-corrected chi connectivity index (χ2v) is 8.45. The summed E-state index contributed by atoms with van der Waals surface area (Å²) >= 11 is 0. The van der Waals surface area contributed by atoms with Crippen LogP contribution in [0.25, 0.3) is 0 Å². The summed E-state index contributed by atoms with van der Waals surface area (Å²) in [6.07, 6.45) is 4.90. The number of aromatic hydroxyl groups is 1. The van der Waals surface area contributed by atoms with Crippen LogP contribution in [0.3, 0.4) is 0 Å². The third kappa shape index (κ3) is 5.57. The molecule has 1 N–H and O–H groups in total. The molecule has 29 heavy (non-hydrogen) atoms. The third-order valence-electron chi connectivity index (χ3n) is 6.60. The van der Waals surface area contributed by atoms with Crippen LogP contribution in [0, 0.1) is 13.8 Å². The molecule has 2 aromatic carbocycles. The van der Waals surface area contributed by atoms with Crippen molar-refractivity contribution < 1.29 is 47.1 Å². The molecule has 1 heterocycles. The van der Waals surface area contributed by atoms with Crippen LogP contribution in [-0.2, 0) is 50.5 Å². The van der Waals surface area contributed by atoms with Crippen molar-refractivity contribution in [2.45, 2.75) is 65.5 Å². The van der Waals surface area contributed by atoms with E-state index < -0.39 is 0 Å². The summed E-state index contributed by atoms with van der Waals surface area (Å²) in [6, 6.07) is 13.9. The number of Topliss-reactive ketones (excluding diaryl/α,β-unsaturated/α-hetero) is 1. The summed E-state index contributed by atoms with van der Waals surface area (Å²) in [5, 5.41) is 10.4. The molecule has 1 radical (unpaired) electrons. The third-order valence-corrected chi connectivity index (χ3v) is 6.60. The Balaban J connectivity index is 0.00000300. The first-order valence-corrected chi connectivity index (χ1v) is 10.7. The Morgan fingerprint density at radius 3 is 2.21 bits per heavy atom. The molecule has 1 aliphatic heterocycles. The maximum atomic E-state index is 13.5. The molecule has 0 aliphatic carbocycles. The first kappa shape index (κ1) is 24.2. The van der Waals surface area contributed by atoms with Crippen molar-refractivity contribution in [3.8, 4) is 5.75 Å². The van der Waals surface area contributed by atoms with Gasteiger partial charge in [-0.05, 0) is 61.9 Å². The minimum atomic E-state index is -0.0149. The van der Waals surface area contributed by atoms with E-state index in [9.17, 15) is 9.90 Å². The minimum Gasteiger partial charge on any atom is -0.507 e. The van der Waals surface area contributed by atoms with E-state index in [2.05, 4.69) is 39.0 Å². The van der Waals surface area contributed by atoms with Gasteiger partial charge < -0.3 is 9.59 Å². The Kier molecular flexibility index (Phi) is 9.06. The fourth-order valence-corrected chi connectivity index (χ4v) is 5.05. The Labute approximate surface area is 201 Å². The average Bonchev–Trinajstić information content (AvgIpc) is 2.68. The Morgan fingerprint density at radius 2 is 1.62 bits per heavy atom. The summed E-state index contributed by atoms with van der Waals surface area (Å²) in [5.74, 6) is 0.694. The van der Waals surface area contributed by atoms with Crippen LogP contribution in [0.2, 0.25) is 0 Å². The molecule has 1 saturated heterocycles. The molecule has 3 nitrogen and oxygen atoms in total. The number of piperidine rings is 1. The van der Waals surface area contributed by atoms with Crippen molar-refractivity contribution in [2.75, 3.05) is 13.1 Å². The smallest absolute Gasteiger partial charge is 0.194 e. The largest absolute Gasteiger partial charge is 0.507 e. The van der Waals surface area contributed by atoms with Gasteiger partial charge in [0.25, 0.3) is 0 Å². The fraction of sp³-hybridized carbons (Fsp3) is 0.480. The Bertz CT molecular complexity index is 807. The van der Waals surface area contributed by atoms with E-state index in [0.717, 1.165) is 48.9 Å². The molecule has 2 aromatic rings. The number of benzene rings is 2. The SMILES string of the molecule is CCC(C(=O)Cc1c(C)cccc1C)[N+]1(Cc2ccccc2O)CCCCC1.[Y]. The number of rotatable bonds is 7. The number of likely N-dealkylation sites (tertiary alicyclic amines) is 1. The maximum Gasteiger partial charge on any atom is 0.194 e. The van der Waals surface area contributed by atoms with Crippen molar-refractivity contribution in [2.24, 2.45) is 0 Å². The molecule has 0 spiro atoms. The molecule has 0 saturated carbocycles. The first-order valence-electron chi connectivity index (χ1n) is 10.7. The van der Waals surface area contributed by atoms with Crippen molar-refractivity contribution in [1.82, 2.24) is 0 Å². The summed E-state index contributed by atoms with van der Waals surface area (Å²) in [7, 11) is 0. The number of para-hydroxylation sites is 1. The van der Waals surface area contributed by atoms with Crippen LogP contribution in [0.5, 0.6) is 5.75 Å². The van der Waals surface area contributed by atoms with Gasteiger partial charge in [0.05, 0.1) is 13.1 Å². The van der Waals surface area contributed by atoms with Gasteiger partial charge in [0, 0.05) is 51.1 Å². The number of carbonyl (C=O) groups is 1. The molecule has 3 rings (SSSR count). The predicted octanol–water partition coefficient (Wildman–Crippen LogP) is 5.10. The van der Waals surface area contributed by atoms with E-state index in [-0.39, 0.29) is 38.8 Å². The van der Waals surface area contributed by atoms with Gasteiger partial charge in [-0.25, -0.2) is 0 Å². The number of phenolic OH excluding ortho intramolecular Hbond substituents is 1. The molecule has 1 aliphatic rings. The number of aryl methyl sites for hydroxylation is 2. The van der Waals surface area contributed by atoms with Crippen LogP contribution < -0.4 is 0 Å². The van der Waals surface area contributed by atoms with Gasteiger partial charge in [-0.15, -0.1) is 0 Å². The average molecular weight is 469 g/mol. The summed E-state index contributed by atoms with van der Waals surface area (Å²) in [6.45, 7) is 9.13. The van der Waals surface area contributed by atoms with E-state index in [4.69, 9.17) is 0 Å². The van der Waals surface area contributed by atoms with Crippen LogP contribution in [0.4, 0.5) is 0 Å². The van der Waals surface area contributed by atoms with Gasteiger partial charge in [-0.1, -0.05) is 37.3 Å². The summed E-state index contributed by atoms with van der Waals surface area (Å²) in [4.78, 5) is 13.5. The monoisotopic (exact) mass is 469 g/mol. The van der Waals surface area contributed by atoms with E-state index in [1.165, 1.54) is 23.1 Å². The second-order valence-electron chi connectivity index (χ2n) is 8.45. The molecule has 1 fully saturated rings. The zero-order chi connectivity index (χ0) is 20.1. The predicted molar refractivity (Wildman–Crippen MR) is 114 cm³/mol. The number of quaternary nitrogens is 1. The van der Waals surface area contributed by atoms with E-state index >= 15 is 0 Å². The number of hydrogen-bond donors (Lipinski definition) is 1. The molecule has 1 unspecified atom stereocenters. The number of ketones is 1. The standard InChI is InChI=1S/C25H33NO2.Y/c1-4-23(25(28)17-22-19(2)11-10-12-20(22)3)26(15-8-5-9-16-26)18-21-13-6-7-14-24(21)27;/h6-7,10-14,23H,4-5,8-9,15-18H2,1-3H3;/p+1. The van der Waals surface area contributed by atoms with Crippen LogP contribution >= 0.6 is 0 Å². The minimum absolute atomic E-state index is 0. The van der Waals surface area contributed by atoms with Gasteiger partial charge in [0.2, 0.25) is 0 Å². The molecule has 1 atom stereocenters. The molecular weight excluding hydrogens is 435 g/mol. The van der Waals surface area contributed by atoms with Gasteiger partial charge >= 0.3 is 0 Å². The normalized spacial score (nSPS) is 16.7. The first-order chi connectivity index (χ1) is 13.5. The maximum absolute atomic E-state index is 13.5. The zero-order valence-corrected chi connectivity index (χ0v) is 21.0. The number of hydrogen-bond acceptors (Lipinski definition) is 2. The van der Waals surface area contributed by atoms with Crippen molar-refractivity contribution in [3.05, 3.63) is 64.7 Å². The van der Waals surface area contributed by atoms with Crippen molar-refractivity contribution >= 4 is 5.78 Å². The van der Waals surface area contributed by atoms with Gasteiger partial charge in [0.15, 0.2) is 5.78 Å². The van der Waals surface area contributed by atoms with Crippen molar-refractivity contribution in [3.63, 3.8) is 0 Å². The molecule has 0 bridgehead atoms. The fourth-order valence-electron chi connectivity index (χ4n) is 5.05. The van der Waals surface area contributed by atoms with Crippen molar-refractivity contribution in [1.29, 1.82) is 0 Å². The van der Waals surface area contributed by atoms with Crippen LogP contribution in [0.1, 0.15) is 54.9 Å². The van der Waals surface area contributed by atoms with Gasteiger partial charge in [-0.2, -0.15) is 0 Å². The summed E-state index contributed by atoms with van der Waals surface area (Å²) in [5.41, 5.74) is 4.55. The second kappa shape index (κ2) is 10.8. The topological polar surface area (TPSA) is 37.3 Å². The quantitative estimate of drug-likeness (QED) is 0.573. The molecule has 153 valence electrons. The Morgan fingerprint density at radius 1 is 1.00 bits per heavy atom. The van der Waals surface area contributed by atoms with Crippen LogP contribution in [-0.4, -0.2) is 34.5 Å².